The number of anilines is 1. The van der Waals surface area contributed by atoms with Crippen molar-refractivity contribution in [3.8, 4) is 0 Å². The summed E-state index contributed by atoms with van der Waals surface area (Å²) in [5, 5.41) is 4.66. The quantitative estimate of drug-likeness (QED) is 0.883. The Labute approximate surface area is 131 Å². The number of nitrogens with one attached hydrogen (secondary N) is 1. The van der Waals surface area contributed by atoms with Crippen LogP contribution in [0.25, 0.3) is 0 Å². The number of aromatic nitrogens is 1. The van der Waals surface area contributed by atoms with Gasteiger partial charge >= 0.3 is 0 Å². The lowest BCUT2D eigenvalue weighted by Crippen LogP contribution is -2.17. The van der Waals surface area contributed by atoms with Crippen LogP contribution in [0.1, 0.15) is 35.2 Å². The first kappa shape index (κ1) is 14.5. The molecule has 0 spiro atoms. The fourth-order valence-corrected chi connectivity index (χ4v) is 3.54. The van der Waals surface area contributed by atoms with Gasteiger partial charge in [-0.2, -0.15) is 0 Å². The Kier molecular flexibility index (Phi) is 4.88. The second kappa shape index (κ2) is 7.05. The van der Waals surface area contributed by atoms with E-state index in [9.17, 15) is 0 Å². The van der Waals surface area contributed by atoms with Crippen LogP contribution in [0.3, 0.4) is 0 Å². The van der Waals surface area contributed by atoms with Gasteiger partial charge in [0.2, 0.25) is 0 Å². The minimum absolute atomic E-state index is 0.860. The summed E-state index contributed by atoms with van der Waals surface area (Å²) in [6.45, 7) is 6.36. The highest BCUT2D eigenvalue weighted by Crippen LogP contribution is 2.20. The lowest BCUT2D eigenvalue weighted by Gasteiger charge is -2.17. The fourth-order valence-electron chi connectivity index (χ4n) is 2.71. The Morgan fingerprint density at radius 1 is 1.14 bits per heavy atom. The molecule has 0 bridgehead atoms. The summed E-state index contributed by atoms with van der Waals surface area (Å²) < 4.78 is 0. The molecule has 1 fully saturated rings. The van der Waals surface area contributed by atoms with E-state index in [0.29, 0.717) is 0 Å². The van der Waals surface area contributed by atoms with Crippen LogP contribution in [0, 0.1) is 0 Å². The van der Waals surface area contributed by atoms with Crippen molar-refractivity contribution in [2.45, 2.75) is 39.3 Å². The van der Waals surface area contributed by atoms with Gasteiger partial charge < -0.3 is 10.2 Å². The zero-order chi connectivity index (χ0) is 14.5. The topological polar surface area (TPSA) is 28.2 Å². The van der Waals surface area contributed by atoms with Crippen LogP contribution >= 0.6 is 11.3 Å². The molecule has 1 N–H and O–H groups in total. The summed E-state index contributed by atoms with van der Waals surface area (Å²) in [7, 11) is 0. The molecule has 0 atom stereocenters. The van der Waals surface area contributed by atoms with Crippen molar-refractivity contribution in [2.24, 2.45) is 0 Å². The van der Waals surface area contributed by atoms with Crippen LogP contribution in [-0.4, -0.2) is 18.1 Å². The molecule has 1 saturated heterocycles. The van der Waals surface area contributed by atoms with Crippen molar-refractivity contribution in [3.05, 3.63) is 45.9 Å². The number of hydrogen-bond acceptors (Lipinski definition) is 4. The van der Waals surface area contributed by atoms with Crippen molar-refractivity contribution in [1.82, 2.24) is 10.3 Å². The molecule has 1 aliphatic heterocycles. The summed E-state index contributed by atoms with van der Waals surface area (Å²) in [5.74, 6) is 0. The van der Waals surface area contributed by atoms with Crippen LogP contribution < -0.4 is 10.2 Å². The van der Waals surface area contributed by atoms with E-state index in [0.717, 1.165) is 19.5 Å². The maximum atomic E-state index is 4.43. The maximum absolute atomic E-state index is 4.43. The summed E-state index contributed by atoms with van der Waals surface area (Å²) in [6.07, 6.45) is 5.73. The monoisotopic (exact) mass is 301 g/mol. The number of nitrogens with zero attached hydrogens (tertiary/aromatic N) is 2. The molecule has 1 aliphatic rings. The molecule has 2 aromatic rings. The SMILES string of the molecule is CCc1cnc(CNCc2ccc(N3CCCC3)cc2)s1. The highest BCUT2D eigenvalue weighted by molar-refractivity contribution is 7.11. The van der Waals surface area contributed by atoms with Crippen LogP contribution in [0.2, 0.25) is 0 Å². The zero-order valence-electron chi connectivity index (χ0n) is 12.6. The van der Waals surface area contributed by atoms with E-state index in [2.05, 4.69) is 46.4 Å². The molecule has 0 amide bonds. The van der Waals surface area contributed by atoms with Gasteiger partial charge in [-0.3, -0.25) is 0 Å². The van der Waals surface area contributed by atoms with E-state index < -0.39 is 0 Å². The van der Waals surface area contributed by atoms with E-state index >= 15 is 0 Å². The predicted molar refractivity (Wildman–Crippen MR) is 89.9 cm³/mol. The first-order valence-corrected chi connectivity index (χ1v) is 8.65. The average Bonchev–Trinajstić information content (AvgIpc) is 3.19. The van der Waals surface area contributed by atoms with Gasteiger partial charge in [-0.1, -0.05) is 19.1 Å². The molecule has 112 valence electrons. The van der Waals surface area contributed by atoms with Crippen molar-refractivity contribution in [2.75, 3.05) is 18.0 Å². The van der Waals surface area contributed by atoms with Crippen LogP contribution in [0.4, 0.5) is 5.69 Å². The van der Waals surface area contributed by atoms with E-state index in [1.54, 1.807) is 11.3 Å². The third-order valence-electron chi connectivity index (χ3n) is 3.96. The molecule has 0 saturated carbocycles. The van der Waals surface area contributed by atoms with Crippen molar-refractivity contribution in [3.63, 3.8) is 0 Å². The second-order valence-electron chi connectivity index (χ2n) is 5.54. The van der Waals surface area contributed by atoms with Crippen molar-refractivity contribution >= 4 is 17.0 Å². The molecule has 1 aromatic heterocycles. The molecule has 4 heteroatoms. The molecule has 3 nitrogen and oxygen atoms in total. The van der Waals surface area contributed by atoms with Crippen LogP contribution in [-0.2, 0) is 19.5 Å². The van der Waals surface area contributed by atoms with Crippen LogP contribution in [0.15, 0.2) is 30.5 Å². The molecule has 1 aromatic carbocycles. The fraction of sp³-hybridized carbons (Fsp3) is 0.471. The smallest absolute Gasteiger partial charge is 0.107 e. The van der Waals surface area contributed by atoms with E-state index in [4.69, 9.17) is 0 Å². The third kappa shape index (κ3) is 3.83. The molecule has 0 unspecified atom stereocenters. The number of rotatable bonds is 6. The van der Waals surface area contributed by atoms with Crippen molar-refractivity contribution < 1.29 is 0 Å². The molecular weight excluding hydrogens is 278 g/mol. The Morgan fingerprint density at radius 2 is 1.90 bits per heavy atom. The van der Waals surface area contributed by atoms with Gasteiger partial charge in [-0.15, -0.1) is 11.3 Å². The van der Waals surface area contributed by atoms with Gasteiger partial charge in [0.15, 0.2) is 0 Å². The molecule has 0 radical (unpaired) electrons. The standard InChI is InChI=1S/C17H23N3S/c1-2-16-12-19-17(21-16)13-18-11-14-5-7-15(8-6-14)20-9-3-4-10-20/h5-8,12,18H,2-4,9-11,13H2,1H3. The third-order valence-corrected chi connectivity index (χ3v) is 5.10. The second-order valence-corrected chi connectivity index (χ2v) is 6.74. The number of hydrogen-bond donors (Lipinski definition) is 1. The normalized spacial score (nSPS) is 14.8. The van der Waals surface area contributed by atoms with E-state index in [1.165, 1.54) is 47.1 Å². The molecule has 0 aliphatic carbocycles. The molecule has 3 rings (SSSR count). The number of benzene rings is 1. The highest BCUT2D eigenvalue weighted by atomic mass is 32.1. The number of thiazole rings is 1. The largest absolute Gasteiger partial charge is 0.372 e. The first-order chi connectivity index (χ1) is 10.3. The Morgan fingerprint density at radius 3 is 2.57 bits per heavy atom. The molecule has 2 heterocycles. The van der Waals surface area contributed by atoms with Crippen LogP contribution in [0.5, 0.6) is 0 Å². The minimum Gasteiger partial charge on any atom is -0.372 e. The first-order valence-electron chi connectivity index (χ1n) is 7.83. The summed E-state index contributed by atoms with van der Waals surface area (Å²) in [4.78, 5) is 8.27. The number of aryl methyl sites for hydroxylation is 1. The average molecular weight is 301 g/mol. The summed E-state index contributed by atoms with van der Waals surface area (Å²) in [6, 6.07) is 8.97. The Bertz CT molecular complexity index is 556. The van der Waals surface area contributed by atoms with Gasteiger partial charge in [0, 0.05) is 42.9 Å². The Hall–Kier alpha value is -1.39. The lowest BCUT2D eigenvalue weighted by atomic mass is 10.2. The van der Waals surface area contributed by atoms with E-state index in [1.807, 2.05) is 6.20 Å². The van der Waals surface area contributed by atoms with E-state index in [-0.39, 0.29) is 0 Å². The Balaban J connectivity index is 1.48. The maximum Gasteiger partial charge on any atom is 0.107 e. The van der Waals surface area contributed by atoms with Crippen molar-refractivity contribution in [1.29, 1.82) is 0 Å². The molecular formula is C17H23N3S. The predicted octanol–water partition coefficient (Wildman–Crippen LogP) is 3.60. The van der Waals surface area contributed by atoms with Gasteiger partial charge in [-0.05, 0) is 37.0 Å². The zero-order valence-corrected chi connectivity index (χ0v) is 13.5. The van der Waals surface area contributed by atoms with Gasteiger partial charge in [0.1, 0.15) is 5.01 Å². The minimum atomic E-state index is 0.860. The lowest BCUT2D eigenvalue weighted by molar-refractivity contribution is 0.690. The summed E-state index contributed by atoms with van der Waals surface area (Å²) >= 11 is 1.81. The van der Waals surface area contributed by atoms with Gasteiger partial charge in [0.05, 0.1) is 0 Å². The summed E-state index contributed by atoms with van der Waals surface area (Å²) in [5.41, 5.74) is 2.70. The highest BCUT2D eigenvalue weighted by Gasteiger charge is 2.11. The molecule has 21 heavy (non-hydrogen) atoms. The van der Waals surface area contributed by atoms with Gasteiger partial charge in [0.25, 0.3) is 0 Å². The van der Waals surface area contributed by atoms with Gasteiger partial charge in [-0.25, -0.2) is 4.98 Å².